The van der Waals surface area contributed by atoms with Crippen molar-refractivity contribution >= 4 is 24.3 Å². The smallest absolute Gasteiger partial charge is 0.407 e. The maximum absolute atomic E-state index is 11.7. The monoisotopic (exact) mass is 412 g/mol. The van der Waals surface area contributed by atoms with Crippen molar-refractivity contribution in [2.45, 2.75) is 46.1 Å². The summed E-state index contributed by atoms with van der Waals surface area (Å²) in [7, 11) is 0. The van der Waals surface area contributed by atoms with Crippen LogP contribution in [0, 0.1) is 0 Å². The number of allylic oxidation sites excluding steroid dienone is 1. The number of amides is 1. The van der Waals surface area contributed by atoms with Gasteiger partial charge in [0.05, 0.1) is 6.61 Å². The number of ether oxygens (including phenoxy) is 2. The quantitative estimate of drug-likeness (QED) is 0.198. The predicted octanol–water partition coefficient (Wildman–Crippen LogP) is 6.37. The summed E-state index contributed by atoms with van der Waals surface area (Å²) in [5, 5.41) is 6.25. The summed E-state index contributed by atoms with van der Waals surface area (Å²) in [5.41, 5.74) is 10.8. The van der Waals surface area contributed by atoms with Crippen LogP contribution in [0.1, 0.15) is 57.2 Å². The summed E-state index contributed by atoms with van der Waals surface area (Å²) >= 11 is 0. The zero-order chi connectivity index (χ0) is 22.4. The maximum Gasteiger partial charge on any atom is 0.407 e. The minimum Gasteiger partial charge on any atom is -0.493 e. The molecule has 1 amide bonds. The Balaban J connectivity index is 2.74. The normalized spacial score (nSPS) is 11.3. The first kappa shape index (κ1) is 24.9. The van der Waals surface area contributed by atoms with E-state index in [0.29, 0.717) is 32.5 Å². The van der Waals surface area contributed by atoms with Gasteiger partial charge in [-0.05, 0) is 63.3 Å². The van der Waals surface area contributed by atoms with E-state index in [4.69, 9.17) is 15.0 Å². The number of hydrogen-bond donors (Lipinski definition) is 1. The van der Waals surface area contributed by atoms with Crippen LogP contribution in [-0.2, 0) is 4.74 Å². The van der Waals surface area contributed by atoms with Gasteiger partial charge in [-0.15, -0.1) is 0 Å². The second-order valence-corrected chi connectivity index (χ2v) is 7.46. The molecular formula is C23H32N4O3. The summed E-state index contributed by atoms with van der Waals surface area (Å²) in [6, 6.07) is 3.90. The standard InChI is InChI=1S/C23H32N4O3/c1-6-11-20-18(12-8-9-16-26-27-24)13-14-21(19(20)7-2)29-17-10-15-25-22(28)30-23(3,4)5/h6-8,11-14H,2,9-10,15-17H2,1,3-5H3,(H,25,28)/b11-6-,12-8+. The molecule has 0 atom stereocenters. The Morgan fingerprint density at radius 1 is 1.30 bits per heavy atom. The van der Waals surface area contributed by atoms with Gasteiger partial charge in [-0.3, -0.25) is 0 Å². The Kier molecular flexibility index (Phi) is 10.9. The van der Waals surface area contributed by atoms with Crippen LogP contribution in [0.15, 0.2) is 36.0 Å². The fourth-order valence-electron chi connectivity index (χ4n) is 2.61. The number of carbonyl (C=O) groups excluding carboxylic acids is 1. The summed E-state index contributed by atoms with van der Waals surface area (Å²) < 4.78 is 11.1. The van der Waals surface area contributed by atoms with Gasteiger partial charge in [-0.25, -0.2) is 4.79 Å². The first-order valence-corrected chi connectivity index (χ1v) is 10.0. The second-order valence-electron chi connectivity index (χ2n) is 7.46. The lowest BCUT2D eigenvalue weighted by atomic mass is 9.98. The molecular weight excluding hydrogens is 380 g/mol. The van der Waals surface area contributed by atoms with E-state index in [0.717, 1.165) is 22.4 Å². The molecule has 162 valence electrons. The highest BCUT2D eigenvalue weighted by Gasteiger charge is 2.15. The molecule has 1 N–H and O–H groups in total. The molecule has 1 rings (SSSR count). The van der Waals surface area contributed by atoms with Crippen molar-refractivity contribution in [1.82, 2.24) is 5.32 Å². The number of rotatable bonds is 11. The molecule has 1 aromatic carbocycles. The van der Waals surface area contributed by atoms with Gasteiger partial charge in [0.25, 0.3) is 0 Å². The van der Waals surface area contributed by atoms with E-state index in [1.807, 2.05) is 64.1 Å². The van der Waals surface area contributed by atoms with Crippen molar-refractivity contribution in [3.05, 3.63) is 58.0 Å². The number of nitrogens with zero attached hydrogens (tertiary/aromatic N) is 3. The molecule has 0 aromatic heterocycles. The zero-order valence-corrected chi connectivity index (χ0v) is 18.4. The van der Waals surface area contributed by atoms with E-state index < -0.39 is 11.7 Å². The number of benzene rings is 1. The van der Waals surface area contributed by atoms with Crippen LogP contribution in [0.4, 0.5) is 4.79 Å². The van der Waals surface area contributed by atoms with E-state index in [1.54, 1.807) is 6.08 Å². The van der Waals surface area contributed by atoms with Crippen molar-refractivity contribution in [1.29, 1.82) is 0 Å². The van der Waals surface area contributed by atoms with E-state index in [-0.39, 0.29) is 0 Å². The van der Waals surface area contributed by atoms with Gasteiger partial charge in [0.15, 0.2) is 0 Å². The number of hydrogen-bond acceptors (Lipinski definition) is 4. The summed E-state index contributed by atoms with van der Waals surface area (Å²) in [6.07, 6.45) is 10.6. The van der Waals surface area contributed by atoms with Crippen molar-refractivity contribution in [2.24, 2.45) is 5.11 Å². The molecule has 0 bridgehead atoms. The van der Waals surface area contributed by atoms with E-state index in [2.05, 4.69) is 21.9 Å². The molecule has 0 fully saturated rings. The molecule has 1 aromatic rings. The van der Waals surface area contributed by atoms with E-state index in [1.165, 1.54) is 0 Å². The van der Waals surface area contributed by atoms with Gasteiger partial charge >= 0.3 is 6.09 Å². The summed E-state index contributed by atoms with van der Waals surface area (Å²) in [5.74, 6) is 0.738. The van der Waals surface area contributed by atoms with Crippen LogP contribution in [0.3, 0.4) is 0 Å². The van der Waals surface area contributed by atoms with Crippen LogP contribution in [0.5, 0.6) is 5.75 Å². The highest BCUT2D eigenvalue weighted by Crippen LogP contribution is 2.29. The number of alkyl carbamates (subject to hydrolysis) is 1. The molecule has 7 nitrogen and oxygen atoms in total. The maximum atomic E-state index is 11.7. The summed E-state index contributed by atoms with van der Waals surface area (Å²) in [6.45, 7) is 12.7. The van der Waals surface area contributed by atoms with Crippen LogP contribution in [0.25, 0.3) is 28.7 Å². The average Bonchev–Trinajstić information content (AvgIpc) is 2.67. The van der Waals surface area contributed by atoms with Crippen LogP contribution in [0.2, 0.25) is 0 Å². The van der Waals surface area contributed by atoms with Crippen molar-refractivity contribution in [2.75, 3.05) is 19.7 Å². The van der Waals surface area contributed by atoms with Gasteiger partial charge in [-0.1, -0.05) is 48.1 Å². The molecule has 0 heterocycles. The van der Waals surface area contributed by atoms with Crippen molar-refractivity contribution < 1.29 is 14.3 Å². The van der Waals surface area contributed by atoms with Gasteiger partial charge in [-0.2, -0.15) is 0 Å². The first-order valence-electron chi connectivity index (χ1n) is 10.0. The average molecular weight is 413 g/mol. The topological polar surface area (TPSA) is 96.3 Å². The largest absolute Gasteiger partial charge is 0.493 e. The molecule has 0 saturated carbocycles. The molecule has 0 aliphatic rings. The lowest BCUT2D eigenvalue weighted by Crippen LogP contribution is -2.33. The van der Waals surface area contributed by atoms with Crippen LogP contribution < -0.4 is 10.1 Å². The Labute approximate surface area is 179 Å². The molecule has 0 radical (unpaired) electrons. The van der Waals surface area contributed by atoms with Gasteiger partial charge in [0.1, 0.15) is 11.4 Å². The first-order chi connectivity index (χ1) is 14.3. The molecule has 0 saturated heterocycles. The third kappa shape index (κ3) is 9.34. The minimum atomic E-state index is -0.512. The number of carbonyl (C=O) groups is 1. The molecule has 30 heavy (non-hydrogen) atoms. The minimum absolute atomic E-state index is 0.429. The lowest BCUT2D eigenvalue weighted by molar-refractivity contribution is 0.0525. The second kappa shape index (κ2) is 13.1. The van der Waals surface area contributed by atoms with Gasteiger partial charge in [0, 0.05) is 23.6 Å². The lowest BCUT2D eigenvalue weighted by Gasteiger charge is -2.19. The molecule has 0 aliphatic heterocycles. The Morgan fingerprint density at radius 2 is 2.07 bits per heavy atom. The third-order valence-corrected chi connectivity index (χ3v) is 3.82. The predicted molar refractivity (Wildman–Crippen MR) is 123 cm³/mol. The van der Waals surface area contributed by atoms with Gasteiger partial charge < -0.3 is 14.8 Å². The van der Waals surface area contributed by atoms with E-state index >= 15 is 0 Å². The van der Waals surface area contributed by atoms with Gasteiger partial charge in [0.2, 0.25) is 0 Å². The third-order valence-electron chi connectivity index (χ3n) is 3.82. The Hall–Kier alpha value is -3.18. The highest BCUT2D eigenvalue weighted by molar-refractivity contribution is 5.77. The SMILES string of the molecule is C=Cc1c(OCCCNC(=O)OC(C)(C)C)ccc(/C=C/CCN=[N+]=[N-])c1/C=C\C. The molecule has 0 aliphatic carbocycles. The number of nitrogens with one attached hydrogen (secondary N) is 1. The Morgan fingerprint density at radius 3 is 2.70 bits per heavy atom. The highest BCUT2D eigenvalue weighted by atomic mass is 16.6. The zero-order valence-electron chi connectivity index (χ0n) is 18.4. The van der Waals surface area contributed by atoms with Crippen LogP contribution >= 0.6 is 0 Å². The van der Waals surface area contributed by atoms with Crippen molar-refractivity contribution in [3.63, 3.8) is 0 Å². The molecule has 0 unspecified atom stereocenters. The fraction of sp³-hybridized carbons (Fsp3) is 0.435. The molecule has 0 spiro atoms. The molecule has 7 heteroatoms. The Bertz CT molecular complexity index is 816. The van der Waals surface area contributed by atoms with Crippen LogP contribution in [-0.4, -0.2) is 31.4 Å². The number of azide groups is 1. The fourth-order valence-corrected chi connectivity index (χ4v) is 2.61. The summed E-state index contributed by atoms with van der Waals surface area (Å²) in [4.78, 5) is 14.4. The van der Waals surface area contributed by atoms with Crippen molar-refractivity contribution in [3.8, 4) is 5.75 Å². The van der Waals surface area contributed by atoms with E-state index in [9.17, 15) is 4.79 Å².